The lowest BCUT2D eigenvalue weighted by molar-refractivity contribution is -0.231. The summed E-state index contributed by atoms with van der Waals surface area (Å²) in [5.74, 6) is 5.35. The number of hydrogen-bond acceptors (Lipinski definition) is 3. The molecule has 0 aromatic rings. The molecular formula is C23H34O3. The first-order valence-corrected chi connectivity index (χ1v) is 10.8. The number of terminal acetylenes is 1. The zero-order valence-corrected chi connectivity index (χ0v) is 16.4. The quantitative estimate of drug-likeness (QED) is 0.662. The number of ether oxygens (including phenoxy) is 2. The summed E-state index contributed by atoms with van der Waals surface area (Å²) in [6, 6.07) is 0. The molecule has 1 aliphatic heterocycles. The summed E-state index contributed by atoms with van der Waals surface area (Å²) < 4.78 is 12.1. The molecule has 0 bridgehead atoms. The number of aliphatic hydroxyl groups is 1. The molecule has 3 heteroatoms. The third kappa shape index (κ3) is 2.07. The van der Waals surface area contributed by atoms with Crippen LogP contribution in [0, 0.1) is 46.8 Å². The molecule has 1 saturated heterocycles. The molecular weight excluding hydrogens is 324 g/mol. The van der Waals surface area contributed by atoms with Gasteiger partial charge >= 0.3 is 0 Å². The van der Waals surface area contributed by atoms with Gasteiger partial charge in [-0.25, -0.2) is 0 Å². The van der Waals surface area contributed by atoms with Crippen LogP contribution in [0.1, 0.15) is 71.6 Å². The molecule has 0 amide bonds. The van der Waals surface area contributed by atoms with Gasteiger partial charge in [-0.3, -0.25) is 0 Å². The minimum Gasteiger partial charge on any atom is -0.377 e. The van der Waals surface area contributed by atoms with Crippen molar-refractivity contribution >= 4 is 0 Å². The predicted octanol–water partition coefficient (Wildman–Crippen LogP) is 4.14. The lowest BCUT2D eigenvalue weighted by atomic mass is 9.44. The molecule has 1 heterocycles. The van der Waals surface area contributed by atoms with E-state index in [1.54, 1.807) is 0 Å². The lowest BCUT2D eigenvalue weighted by Gasteiger charge is -2.62. The second kappa shape index (κ2) is 5.49. The third-order valence-electron chi connectivity index (χ3n) is 9.87. The zero-order chi connectivity index (χ0) is 18.2. The Balaban J connectivity index is 1.42. The third-order valence-corrected chi connectivity index (χ3v) is 9.87. The maximum atomic E-state index is 11.1. The predicted molar refractivity (Wildman–Crippen MR) is 100 cm³/mol. The monoisotopic (exact) mass is 358 g/mol. The van der Waals surface area contributed by atoms with Gasteiger partial charge in [0.1, 0.15) is 5.60 Å². The summed E-state index contributed by atoms with van der Waals surface area (Å²) >= 11 is 0. The second-order valence-corrected chi connectivity index (χ2v) is 10.5. The molecule has 5 aliphatic rings. The minimum atomic E-state index is -0.886. The Bertz CT molecular complexity index is 632. The van der Waals surface area contributed by atoms with Crippen LogP contribution in [-0.4, -0.2) is 29.7 Å². The van der Waals surface area contributed by atoms with Crippen molar-refractivity contribution in [1.82, 2.24) is 0 Å². The Hall–Kier alpha value is -0.560. The van der Waals surface area contributed by atoms with Crippen LogP contribution >= 0.6 is 0 Å². The summed E-state index contributed by atoms with van der Waals surface area (Å²) in [5, 5.41) is 11.1. The van der Waals surface area contributed by atoms with Crippen LogP contribution in [-0.2, 0) is 9.47 Å². The molecule has 4 aliphatic carbocycles. The summed E-state index contributed by atoms with van der Waals surface area (Å²) in [4.78, 5) is 0. The highest BCUT2D eigenvalue weighted by atomic mass is 16.7. The van der Waals surface area contributed by atoms with E-state index < -0.39 is 5.60 Å². The highest BCUT2D eigenvalue weighted by Crippen LogP contribution is 2.69. The van der Waals surface area contributed by atoms with E-state index in [1.807, 2.05) is 0 Å². The highest BCUT2D eigenvalue weighted by Gasteiger charge is 2.65. The van der Waals surface area contributed by atoms with Gasteiger partial charge in [-0.2, -0.15) is 0 Å². The van der Waals surface area contributed by atoms with Gasteiger partial charge in [0, 0.05) is 18.3 Å². The van der Waals surface area contributed by atoms with Crippen molar-refractivity contribution in [2.24, 2.45) is 34.5 Å². The first-order chi connectivity index (χ1) is 12.4. The fraction of sp³-hybridized carbons (Fsp3) is 0.913. The molecule has 3 nitrogen and oxygen atoms in total. The van der Waals surface area contributed by atoms with Crippen LogP contribution in [0.4, 0.5) is 0 Å². The van der Waals surface area contributed by atoms with Crippen LogP contribution in [0.2, 0.25) is 0 Å². The average Bonchev–Trinajstić information content (AvgIpc) is 3.19. The number of hydrogen-bond donors (Lipinski definition) is 1. The minimum absolute atomic E-state index is 0.0837. The second-order valence-electron chi connectivity index (χ2n) is 10.5. The van der Waals surface area contributed by atoms with Crippen LogP contribution in [0.5, 0.6) is 0 Å². The van der Waals surface area contributed by atoms with Gasteiger partial charge in [-0.1, -0.05) is 19.8 Å². The molecule has 7 atom stereocenters. The van der Waals surface area contributed by atoms with Gasteiger partial charge in [0.05, 0.1) is 13.2 Å². The molecule has 4 saturated carbocycles. The van der Waals surface area contributed by atoms with Crippen LogP contribution in [0.25, 0.3) is 0 Å². The van der Waals surface area contributed by atoms with E-state index in [9.17, 15) is 5.11 Å². The van der Waals surface area contributed by atoms with Crippen molar-refractivity contribution in [1.29, 1.82) is 0 Å². The van der Waals surface area contributed by atoms with E-state index in [4.69, 9.17) is 15.9 Å². The Morgan fingerprint density at radius 2 is 1.65 bits per heavy atom. The number of rotatable bonds is 0. The van der Waals surface area contributed by atoms with Crippen LogP contribution in [0.3, 0.4) is 0 Å². The molecule has 5 fully saturated rings. The molecule has 1 spiro atoms. The van der Waals surface area contributed by atoms with Gasteiger partial charge < -0.3 is 14.6 Å². The molecule has 5 rings (SSSR count). The fourth-order valence-corrected chi connectivity index (χ4v) is 8.21. The zero-order valence-electron chi connectivity index (χ0n) is 16.4. The average molecular weight is 359 g/mol. The maximum absolute atomic E-state index is 11.1. The topological polar surface area (TPSA) is 38.7 Å². The standard InChI is InChI=1S/C23H34O3/c1-4-22(24)10-8-19-17-6-5-16-15-23(25-13-14-26-23)12-11-20(16,2)18(17)7-9-21(19,22)3/h1,16-19,24H,5-15H2,2-3H3/t16-,17-,18+,19-,20+,21-,22-/m1/s1. The maximum Gasteiger partial charge on any atom is 0.168 e. The molecule has 0 aromatic heterocycles. The fourth-order valence-electron chi connectivity index (χ4n) is 8.21. The summed E-state index contributed by atoms with van der Waals surface area (Å²) in [5.41, 5.74) is -0.566. The molecule has 0 radical (unpaired) electrons. The Labute approximate surface area is 158 Å². The van der Waals surface area contributed by atoms with Crippen molar-refractivity contribution < 1.29 is 14.6 Å². The van der Waals surface area contributed by atoms with E-state index in [-0.39, 0.29) is 11.2 Å². The van der Waals surface area contributed by atoms with E-state index in [2.05, 4.69) is 19.8 Å². The Morgan fingerprint density at radius 3 is 2.38 bits per heavy atom. The molecule has 26 heavy (non-hydrogen) atoms. The van der Waals surface area contributed by atoms with Gasteiger partial charge in [0.15, 0.2) is 5.79 Å². The van der Waals surface area contributed by atoms with E-state index in [1.165, 1.54) is 25.7 Å². The van der Waals surface area contributed by atoms with Crippen molar-refractivity contribution in [3.63, 3.8) is 0 Å². The first kappa shape index (κ1) is 17.5. The normalized spacial score (nSPS) is 55.0. The van der Waals surface area contributed by atoms with Crippen molar-refractivity contribution in [2.75, 3.05) is 13.2 Å². The van der Waals surface area contributed by atoms with E-state index >= 15 is 0 Å². The van der Waals surface area contributed by atoms with Gasteiger partial charge in [0.25, 0.3) is 0 Å². The Morgan fingerprint density at radius 1 is 0.923 bits per heavy atom. The smallest absolute Gasteiger partial charge is 0.168 e. The van der Waals surface area contributed by atoms with Gasteiger partial charge in [-0.05, 0) is 74.0 Å². The van der Waals surface area contributed by atoms with Gasteiger partial charge in [0.2, 0.25) is 0 Å². The molecule has 0 unspecified atom stereocenters. The highest BCUT2D eigenvalue weighted by molar-refractivity contribution is 5.23. The van der Waals surface area contributed by atoms with Crippen molar-refractivity contribution in [3.8, 4) is 12.3 Å². The summed E-state index contributed by atoms with van der Waals surface area (Å²) in [6.07, 6.45) is 15.9. The van der Waals surface area contributed by atoms with Crippen molar-refractivity contribution in [3.05, 3.63) is 0 Å². The molecule has 0 aromatic carbocycles. The number of fused-ring (bicyclic) bond motifs is 5. The van der Waals surface area contributed by atoms with Crippen LogP contribution < -0.4 is 0 Å². The van der Waals surface area contributed by atoms with Crippen molar-refractivity contribution in [2.45, 2.75) is 83.0 Å². The molecule has 1 N–H and O–H groups in total. The van der Waals surface area contributed by atoms with E-state index in [0.29, 0.717) is 17.3 Å². The molecule has 144 valence electrons. The SMILES string of the molecule is C#C[C@@]1(O)CC[C@@H]2[C@@H]3CC[C@@H]4CC5(CC[C@]4(C)[C@H]3CC[C@]21C)OCCO5. The Kier molecular flexibility index (Phi) is 3.70. The lowest BCUT2D eigenvalue weighted by Crippen LogP contribution is -2.58. The van der Waals surface area contributed by atoms with Gasteiger partial charge in [-0.15, -0.1) is 6.42 Å². The first-order valence-electron chi connectivity index (χ1n) is 10.8. The summed E-state index contributed by atoms with van der Waals surface area (Å²) in [6.45, 7) is 6.37. The largest absolute Gasteiger partial charge is 0.377 e. The van der Waals surface area contributed by atoms with Crippen LogP contribution in [0.15, 0.2) is 0 Å². The van der Waals surface area contributed by atoms with E-state index in [0.717, 1.165) is 57.2 Å². The summed E-state index contributed by atoms with van der Waals surface area (Å²) in [7, 11) is 0.